The zero-order chi connectivity index (χ0) is 14.9. The summed E-state index contributed by atoms with van der Waals surface area (Å²) in [5.74, 6) is 1.60. The van der Waals surface area contributed by atoms with E-state index in [9.17, 15) is 0 Å². The van der Waals surface area contributed by atoms with Gasteiger partial charge in [-0.15, -0.1) is 0 Å². The van der Waals surface area contributed by atoms with E-state index in [1.54, 1.807) is 7.11 Å². The SMILES string of the molecule is C/C=C/c1ccc(OCCCN2CCOCC2)c(OC)c1. The molecule has 0 atom stereocenters. The van der Waals surface area contributed by atoms with Crippen LogP contribution in [0.25, 0.3) is 6.08 Å². The molecule has 1 heterocycles. The molecule has 0 radical (unpaired) electrons. The molecule has 1 aromatic rings. The van der Waals surface area contributed by atoms with Crippen LogP contribution in [0.4, 0.5) is 0 Å². The van der Waals surface area contributed by atoms with E-state index in [0.717, 1.165) is 56.3 Å². The highest BCUT2D eigenvalue weighted by atomic mass is 16.5. The van der Waals surface area contributed by atoms with Crippen molar-refractivity contribution >= 4 is 6.08 Å². The molecule has 0 saturated carbocycles. The van der Waals surface area contributed by atoms with Crippen LogP contribution in [0.2, 0.25) is 0 Å². The average Bonchev–Trinajstić information content (AvgIpc) is 2.53. The van der Waals surface area contributed by atoms with Crippen molar-refractivity contribution in [2.75, 3.05) is 46.6 Å². The summed E-state index contributed by atoms with van der Waals surface area (Å²) < 4.78 is 16.6. The van der Waals surface area contributed by atoms with Gasteiger partial charge in [0.05, 0.1) is 26.9 Å². The van der Waals surface area contributed by atoms with E-state index in [4.69, 9.17) is 14.2 Å². The van der Waals surface area contributed by atoms with Crippen molar-refractivity contribution in [3.8, 4) is 11.5 Å². The van der Waals surface area contributed by atoms with Crippen LogP contribution in [0.1, 0.15) is 18.9 Å². The molecule has 4 heteroatoms. The van der Waals surface area contributed by atoms with Gasteiger partial charge in [-0.1, -0.05) is 18.2 Å². The predicted octanol–water partition coefficient (Wildman–Crippen LogP) is 2.83. The van der Waals surface area contributed by atoms with Crippen LogP contribution in [0.15, 0.2) is 24.3 Å². The summed E-state index contributed by atoms with van der Waals surface area (Å²) in [6, 6.07) is 6.01. The van der Waals surface area contributed by atoms with Gasteiger partial charge in [-0.3, -0.25) is 4.90 Å². The van der Waals surface area contributed by atoms with Crippen LogP contribution in [0.3, 0.4) is 0 Å². The zero-order valence-corrected chi connectivity index (χ0v) is 13.0. The molecule has 0 aliphatic carbocycles. The number of rotatable bonds is 7. The van der Waals surface area contributed by atoms with E-state index < -0.39 is 0 Å². The molecule has 1 saturated heterocycles. The number of allylic oxidation sites excluding steroid dienone is 1. The van der Waals surface area contributed by atoms with Gasteiger partial charge in [0.25, 0.3) is 0 Å². The van der Waals surface area contributed by atoms with Gasteiger partial charge >= 0.3 is 0 Å². The maximum atomic E-state index is 5.85. The van der Waals surface area contributed by atoms with Crippen molar-refractivity contribution in [3.63, 3.8) is 0 Å². The molecule has 0 aromatic heterocycles. The Balaban J connectivity index is 1.79. The molecule has 2 rings (SSSR count). The third-order valence-electron chi connectivity index (χ3n) is 3.53. The molecule has 0 spiro atoms. The number of ether oxygens (including phenoxy) is 3. The Morgan fingerprint density at radius 1 is 1.24 bits per heavy atom. The molecule has 1 aromatic carbocycles. The molecule has 21 heavy (non-hydrogen) atoms. The molecule has 1 fully saturated rings. The van der Waals surface area contributed by atoms with E-state index >= 15 is 0 Å². The first-order chi connectivity index (χ1) is 10.3. The lowest BCUT2D eigenvalue weighted by atomic mass is 10.2. The van der Waals surface area contributed by atoms with Crippen LogP contribution < -0.4 is 9.47 Å². The van der Waals surface area contributed by atoms with E-state index in [1.165, 1.54) is 0 Å². The Bertz CT molecular complexity index is 453. The minimum Gasteiger partial charge on any atom is -0.493 e. The van der Waals surface area contributed by atoms with Gasteiger partial charge in [-0.05, 0) is 31.0 Å². The lowest BCUT2D eigenvalue weighted by Crippen LogP contribution is -2.37. The van der Waals surface area contributed by atoms with Gasteiger partial charge in [-0.2, -0.15) is 0 Å². The summed E-state index contributed by atoms with van der Waals surface area (Å²) in [4.78, 5) is 2.42. The lowest BCUT2D eigenvalue weighted by molar-refractivity contribution is 0.0357. The lowest BCUT2D eigenvalue weighted by Gasteiger charge is -2.26. The normalized spacial score (nSPS) is 16.3. The third kappa shape index (κ3) is 5.06. The quantitative estimate of drug-likeness (QED) is 0.723. The number of nitrogens with zero attached hydrogens (tertiary/aromatic N) is 1. The van der Waals surface area contributed by atoms with Crippen LogP contribution in [-0.4, -0.2) is 51.5 Å². The summed E-state index contributed by atoms with van der Waals surface area (Å²) in [6.45, 7) is 7.52. The maximum Gasteiger partial charge on any atom is 0.161 e. The van der Waals surface area contributed by atoms with Crippen molar-refractivity contribution < 1.29 is 14.2 Å². The first-order valence-electron chi connectivity index (χ1n) is 7.57. The van der Waals surface area contributed by atoms with Crippen molar-refractivity contribution in [2.24, 2.45) is 0 Å². The van der Waals surface area contributed by atoms with Crippen LogP contribution in [0.5, 0.6) is 11.5 Å². The van der Waals surface area contributed by atoms with E-state index in [1.807, 2.05) is 37.3 Å². The highest BCUT2D eigenvalue weighted by Gasteiger charge is 2.10. The first kappa shape index (κ1) is 15.9. The number of methoxy groups -OCH3 is 1. The zero-order valence-electron chi connectivity index (χ0n) is 13.0. The standard InChI is InChI=1S/C17H25NO3/c1-3-5-15-6-7-16(17(14-15)19-2)21-11-4-8-18-9-12-20-13-10-18/h3,5-7,14H,4,8-13H2,1-2H3/b5-3+. The molecule has 0 unspecified atom stereocenters. The molecule has 0 bridgehead atoms. The fourth-order valence-electron chi connectivity index (χ4n) is 2.39. The van der Waals surface area contributed by atoms with Gasteiger partial charge in [-0.25, -0.2) is 0 Å². The smallest absolute Gasteiger partial charge is 0.161 e. The van der Waals surface area contributed by atoms with Gasteiger partial charge in [0.1, 0.15) is 0 Å². The van der Waals surface area contributed by atoms with Crippen LogP contribution in [-0.2, 0) is 4.74 Å². The minimum atomic E-state index is 0.705. The summed E-state index contributed by atoms with van der Waals surface area (Å²) in [5, 5.41) is 0. The van der Waals surface area contributed by atoms with Gasteiger partial charge in [0.2, 0.25) is 0 Å². The molecule has 1 aliphatic heterocycles. The van der Waals surface area contributed by atoms with Crippen LogP contribution >= 0.6 is 0 Å². The number of morpholine rings is 1. The molecule has 4 nitrogen and oxygen atoms in total. The maximum absolute atomic E-state index is 5.85. The van der Waals surface area contributed by atoms with Gasteiger partial charge < -0.3 is 14.2 Å². The largest absolute Gasteiger partial charge is 0.493 e. The second-order valence-corrected chi connectivity index (χ2v) is 5.07. The van der Waals surface area contributed by atoms with Gasteiger partial charge in [0, 0.05) is 19.6 Å². The second kappa shape index (κ2) is 8.70. The van der Waals surface area contributed by atoms with E-state index in [2.05, 4.69) is 4.90 Å². The number of benzene rings is 1. The second-order valence-electron chi connectivity index (χ2n) is 5.07. The molecular weight excluding hydrogens is 266 g/mol. The van der Waals surface area contributed by atoms with E-state index in [-0.39, 0.29) is 0 Å². The van der Waals surface area contributed by atoms with Crippen LogP contribution in [0, 0.1) is 0 Å². The number of hydrogen-bond acceptors (Lipinski definition) is 4. The third-order valence-corrected chi connectivity index (χ3v) is 3.53. The molecule has 116 valence electrons. The summed E-state index contributed by atoms with van der Waals surface area (Å²) >= 11 is 0. The summed E-state index contributed by atoms with van der Waals surface area (Å²) in [5.41, 5.74) is 1.12. The predicted molar refractivity (Wildman–Crippen MR) is 85.1 cm³/mol. The van der Waals surface area contributed by atoms with Gasteiger partial charge in [0.15, 0.2) is 11.5 Å². The Morgan fingerprint density at radius 3 is 2.76 bits per heavy atom. The minimum absolute atomic E-state index is 0.705. The average molecular weight is 291 g/mol. The highest BCUT2D eigenvalue weighted by Crippen LogP contribution is 2.28. The Hall–Kier alpha value is -1.52. The first-order valence-corrected chi connectivity index (χ1v) is 7.57. The van der Waals surface area contributed by atoms with Crippen molar-refractivity contribution in [3.05, 3.63) is 29.8 Å². The monoisotopic (exact) mass is 291 g/mol. The van der Waals surface area contributed by atoms with E-state index in [0.29, 0.717) is 6.61 Å². The fraction of sp³-hybridized carbons (Fsp3) is 0.529. The highest BCUT2D eigenvalue weighted by molar-refractivity contribution is 5.55. The Morgan fingerprint density at radius 2 is 2.05 bits per heavy atom. The molecule has 0 amide bonds. The van der Waals surface area contributed by atoms with Crippen molar-refractivity contribution in [1.82, 2.24) is 4.90 Å². The van der Waals surface area contributed by atoms with Crippen molar-refractivity contribution in [1.29, 1.82) is 0 Å². The molecular formula is C17H25NO3. The summed E-state index contributed by atoms with van der Waals surface area (Å²) in [7, 11) is 1.68. The number of hydrogen-bond donors (Lipinski definition) is 0. The van der Waals surface area contributed by atoms with Crippen molar-refractivity contribution in [2.45, 2.75) is 13.3 Å². The Labute approximate surface area is 127 Å². The Kier molecular flexibility index (Phi) is 6.57. The molecule has 1 aliphatic rings. The summed E-state index contributed by atoms with van der Waals surface area (Å²) in [6.07, 6.45) is 5.07. The molecule has 0 N–H and O–H groups in total. The topological polar surface area (TPSA) is 30.9 Å². The fourth-order valence-corrected chi connectivity index (χ4v) is 2.39.